The highest BCUT2D eigenvalue weighted by molar-refractivity contribution is 5.85. The Balaban J connectivity index is 1.07. The van der Waals surface area contributed by atoms with Crippen LogP contribution in [0.4, 0.5) is 23.5 Å². The van der Waals surface area contributed by atoms with Gasteiger partial charge < -0.3 is 62.2 Å². The van der Waals surface area contributed by atoms with Crippen molar-refractivity contribution >= 4 is 45.9 Å². The van der Waals surface area contributed by atoms with Crippen molar-refractivity contribution in [3.8, 4) is 0 Å². The van der Waals surface area contributed by atoms with Crippen LogP contribution in [-0.2, 0) is 9.47 Å². The second-order valence-electron chi connectivity index (χ2n) is 10.5. The maximum Gasteiger partial charge on any atom is 0.224 e. The number of hydrogen-bond donors (Lipinski definition) is 10. The molecule has 0 spiro atoms. The van der Waals surface area contributed by atoms with Crippen molar-refractivity contribution in [1.82, 2.24) is 39.0 Å². The molecular formula is C24H34N12O8. The summed E-state index contributed by atoms with van der Waals surface area (Å²) in [4.78, 5) is 25.6. The number of aromatic nitrogens is 8. The summed E-state index contributed by atoms with van der Waals surface area (Å²) in [6, 6.07) is 0. The number of unbranched alkanes of at least 4 members (excludes halogenated alkanes) is 1. The molecule has 0 amide bonds. The summed E-state index contributed by atoms with van der Waals surface area (Å²) in [7, 11) is 0. The predicted octanol–water partition coefficient (Wildman–Crippen LogP) is -3.34. The van der Waals surface area contributed by atoms with Crippen LogP contribution in [0.5, 0.6) is 0 Å². The number of aliphatic hydroxyl groups is 6. The third-order valence-corrected chi connectivity index (χ3v) is 7.65. The van der Waals surface area contributed by atoms with Gasteiger partial charge in [-0.15, -0.1) is 0 Å². The van der Waals surface area contributed by atoms with E-state index in [0.717, 1.165) is 0 Å². The lowest BCUT2D eigenvalue weighted by molar-refractivity contribution is -0.0511. The summed E-state index contributed by atoms with van der Waals surface area (Å²) < 4.78 is 14.1. The van der Waals surface area contributed by atoms with Gasteiger partial charge in [-0.3, -0.25) is 9.13 Å². The molecule has 20 nitrogen and oxygen atoms in total. The summed E-state index contributed by atoms with van der Waals surface area (Å²) >= 11 is 0. The number of nitrogens with one attached hydrogen (secondary N) is 2. The van der Waals surface area contributed by atoms with Gasteiger partial charge in [0.15, 0.2) is 46.4 Å². The molecule has 12 N–H and O–H groups in total. The van der Waals surface area contributed by atoms with E-state index < -0.39 is 62.3 Å². The Labute approximate surface area is 248 Å². The second-order valence-corrected chi connectivity index (χ2v) is 10.5. The van der Waals surface area contributed by atoms with Gasteiger partial charge in [-0.2, -0.15) is 19.9 Å². The van der Waals surface area contributed by atoms with Gasteiger partial charge in [-0.05, 0) is 12.8 Å². The molecule has 2 saturated heterocycles. The summed E-state index contributed by atoms with van der Waals surface area (Å²) in [6.07, 6.45) is -4.93. The molecule has 6 heterocycles. The third kappa shape index (κ3) is 5.30. The molecule has 0 aromatic carbocycles. The smallest absolute Gasteiger partial charge is 0.224 e. The molecule has 20 heteroatoms. The van der Waals surface area contributed by atoms with E-state index in [4.69, 9.17) is 20.9 Å². The molecule has 238 valence electrons. The zero-order valence-electron chi connectivity index (χ0n) is 23.2. The SMILES string of the molecule is Nc1nc(NCCCCNc2nc(N)nc3c2ncn3C2O[C@H](CO)[C@@H](O)[C@H]2O)c2ncn(C3O[C@@H](CO)[C@H](O)[C@@H]3O)c2n1. The summed E-state index contributed by atoms with van der Waals surface area (Å²) in [5.74, 6) is 0.701. The van der Waals surface area contributed by atoms with Gasteiger partial charge in [0.2, 0.25) is 11.9 Å². The first-order chi connectivity index (χ1) is 21.2. The normalized spacial score (nSPS) is 28.8. The van der Waals surface area contributed by atoms with Crippen LogP contribution in [0.15, 0.2) is 12.7 Å². The number of rotatable bonds is 11. The molecule has 44 heavy (non-hydrogen) atoms. The van der Waals surface area contributed by atoms with Crippen molar-refractivity contribution in [1.29, 1.82) is 0 Å². The monoisotopic (exact) mass is 618 g/mol. The van der Waals surface area contributed by atoms with Crippen LogP contribution in [0.2, 0.25) is 0 Å². The van der Waals surface area contributed by atoms with Crippen LogP contribution in [0.3, 0.4) is 0 Å². The topological polar surface area (TPSA) is 303 Å². The number of anilines is 4. The minimum Gasteiger partial charge on any atom is -0.394 e. The van der Waals surface area contributed by atoms with E-state index in [1.807, 2.05) is 0 Å². The molecule has 0 saturated carbocycles. The average molecular weight is 619 g/mol. The highest BCUT2D eigenvalue weighted by atomic mass is 16.6. The van der Waals surface area contributed by atoms with E-state index in [1.165, 1.54) is 21.8 Å². The van der Waals surface area contributed by atoms with Gasteiger partial charge in [-0.25, -0.2) is 9.97 Å². The van der Waals surface area contributed by atoms with E-state index in [9.17, 15) is 30.6 Å². The Morgan fingerprint density at radius 1 is 0.659 bits per heavy atom. The van der Waals surface area contributed by atoms with Crippen molar-refractivity contribution in [3.05, 3.63) is 12.7 Å². The number of fused-ring (bicyclic) bond motifs is 2. The minimum absolute atomic E-state index is 0.0307. The molecule has 2 unspecified atom stereocenters. The molecule has 0 bridgehead atoms. The van der Waals surface area contributed by atoms with Crippen molar-refractivity contribution < 1.29 is 40.1 Å². The van der Waals surface area contributed by atoms with Crippen LogP contribution >= 0.6 is 0 Å². The maximum atomic E-state index is 10.4. The molecule has 4 aromatic rings. The highest BCUT2D eigenvalue weighted by Crippen LogP contribution is 2.34. The minimum atomic E-state index is -1.31. The van der Waals surface area contributed by atoms with E-state index in [-0.39, 0.29) is 11.9 Å². The zero-order valence-corrected chi connectivity index (χ0v) is 23.2. The first-order valence-electron chi connectivity index (χ1n) is 13.9. The molecule has 4 aromatic heterocycles. The van der Waals surface area contributed by atoms with Crippen LogP contribution in [0.25, 0.3) is 22.3 Å². The van der Waals surface area contributed by atoms with Crippen LogP contribution in [-0.4, -0.2) is 133 Å². The average Bonchev–Trinajstić information content (AvgIpc) is 3.75. The summed E-state index contributed by atoms with van der Waals surface area (Å²) in [5.41, 5.74) is 13.2. The Morgan fingerprint density at radius 3 is 1.43 bits per heavy atom. The highest BCUT2D eigenvalue weighted by Gasteiger charge is 2.45. The lowest BCUT2D eigenvalue weighted by atomic mass is 10.1. The Morgan fingerprint density at radius 2 is 1.07 bits per heavy atom. The van der Waals surface area contributed by atoms with Crippen molar-refractivity contribution in [2.75, 3.05) is 48.4 Å². The number of hydrogen-bond acceptors (Lipinski definition) is 18. The summed E-state index contributed by atoms with van der Waals surface area (Å²) in [6.45, 7) is 0.0643. The fourth-order valence-corrected chi connectivity index (χ4v) is 5.37. The molecule has 0 aliphatic carbocycles. The molecule has 2 aliphatic heterocycles. The largest absolute Gasteiger partial charge is 0.394 e. The Hall–Kier alpha value is -4.02. The lowest BCUT2D eigenvalue weighted by Gasteiger charge is -2.17. The third-order valence-electron chi connectivity index (χ3n) is 7.65. The van der Waals surface area contributed by atoms with E-state index in [1.54, 1.807) is 0 Å². The fraction of sp³-hybridized carbons (Fsp3) is 0.583. The van der Waals surface area contributed by atoms with Crippen molar-refractivity contribution in [2.24, 2.45) is 0 Å². The standard InChI is InChI=1S/C24H34N12O8/c25-23-31-17(11-19(33-23)35(7-29-11)21-15(41)13(39)9(5-37)43-21)27-3-1-2-4-28-18-12-20(34-24(26)32-18)36(8-30-12)22-16(42)14(40)10(6-38)44-22/h7-10,13-16,21-22,37-42H,1-6H2,(H3,25,27,31,33)(H3,26,28,32,34)/t9-,10+,13-,14+,15-,16+,21?,22?. The van der Waals surface area contributed by atoms with E-state index in [2.05, 4.69) is 40.5 Å². The van der Waals surface area contributed by atoms with Gasteiger partial charge in [0.05, 0.1) is 25.9 Å². The number of nitrogens with zero attached hydrogens (tertiary/aromatic N) is 8. The van der Waals surface area contributed by atoms with Crippen LogP contribution in [0, 0.1) is 0 Å². The summed E-state index contributed by atoms with van der Waals surface area (Å²) in [5, 5.41) is 66.3. The quantitative estimate of drug-likeness (QED) is 0.0734. The Kier molecular flexibility index (Phi) is 8.30. The van der Waals surface area contributed by atoms with E-state index in [0.29, 0.717) is 59.9 Å². The van der Waals surface area contributed by atoms with Gasteiger partial charge in [-0.1, -0.05) is 0 Å². The number of imidazole rings is 2. The van der Waals surface area contributed by atoms with Gasteiger partial charge in [0.1, 0.15) is 36.6 Å². The molecular weight excluding hydrogens is 584 g/mol. The van der Waals surface area contributed by atoms with Gasteiger partial charge >= 0.3 is 0 Å². The van der Waals surface area contributed by atoms with Crippen molar-refractivity contribution in [3.63, 3.8) is 0 Å². The second kappa shape index (κ2) is 12.2. The molecule has 2 fully saturated rings. The first kappa shape index (κ1) is 30.0. The number of aliphatic hydroxyl groups excluding tert-OH is 6. The van der Waals surface area contributed by atoms with Crippen molar-refractivity contribution in [2.45, 2.75) is 61.9 Å². The predicted molar refractivity (Wildman–Crippen MR) is 152 cm³/mol. The molecule has 6 rings (SSSR count). The molecule has 0 radical (unpaired) electrons. The lowest BCUT2D eigenvalue weighted by Crippen LogP contribution is -2.33. The fourth-order valence-electron chi connectivity index (χ4n) is 5.37. The molecule has 2 aliphatic rings. The number of ether oxygens (including phenoxy) is 2. The van der Waals surface area contributed by atoms with Crippen LogP contribution < -0.4 is 22.1 Å². The molecule has 8 atom stereocenters. The van der Waals surface area contributed by atoms with Gasteiger partial charge in [0, 0.05) is 13.1 Å². The number of nitrogens with two attached hydrogens (primary N) is 2. The Bertz CT molecular complexity index is 1500. The van der Waals surface area contributed by atoms with E-state index >= 15 is 0 Å². The van der Waals surface area contributed by atoms with Crippen LogP contribution in [0.1, 0.15) is 25.3 Å². The first-order valence-corrected chi connectivity index (χ1v) is 13.9. The number of nitrogen functional groups attached to an aromatic ring is 2. The van der Waals surface area contributed by atoms with Gasteiger partial charge in [0.25, 0.3) is 0 Å². The maximum absolute atomic E-state index is 10.4. The zero-order chi connectivity index (χ0) is 31.1.